The summed E-state index contributed by atoms with van der Waals surface area (Å²) in [7, 11) is 0. The number of aromatic carboxylic acids is 1. The van der Waals surface area contributed by atoms with Gasteiger partial charge >= 0.3 is 5.97 Å². The van der Waals surface area contributed by atoms with E-state index < -0.39 is 11.6 Å². The molecule has 1 aromatic heterocycles. The van der Waals surface area contributed by atoms with Crippen LogP contribution < -0.4 is 0 Å². The van der Waals surface area contributed by atoms with E-state index in [4.69, 9.17) is 14.4 Å². The third-order valence-corrected chi connectivity index (χ3v) is 2.29. The van der Waals surface area contributed by atoms with Crippen LogP contribution in [-0.4, -0.2) is 27.8 Å². The Morgan fingerprint density at radius 3 is 2.93 bits per heavy atom. The summed E-state index contributed by atoms with van der Waals surface area (Å²) in [6, 6.07) is 0. The molecule has 1 atom stereocenters. The normalized spacial score (nSPS) is 26.6. The van der Waals surface area contributed by atoms with Crippen LogP contribution in [0.25, 0.3) is 0 Å². The molecule has 1 N–H and O–H groups in total. The fourth-order valence-electron chi connectivity index (χ4n) is 1.47. The zero-order valence-corrected chi connectivity index (χ0v) is 7.69. The van der Waals surface area contributed by atoms with Crippen molar-refractivity contribution in [1.29, 1.82) is 0 Å². The number of rotatable bonds is 2. The summed E-state index contributed by atoms with van der Waals surface area (Å²) in [5.74, 6) is -1.27. The number of nitrogens with zero attached hydrogens (tertiary/aromatic N) is 2. The van der Waals surface area contributed by atoms with Crippen molar-refractivity contribution in [3.63, 3.8) is 0 Å². The van der Waals surface area contributed by atoms with Gasteiger partial charge in [-0.25, -0.2) is 4.79 Å². The predicted molar refractivity (Wildman–Crippen MR) is 43.8 cm³/mol. The number of hydrogen-bond acceptors (Lipinski definition) is 5. The second-order valence-electron chi connectivity index (χ2n) is 3.41. The van der Waals surface area contributed by atoms with Gasteiger partial charge in [-0.2, -0.15) is 4.98 Å². The van der Waals surface area contributed by atoms with Gasteiger partial charge in [0.1, 0.15) is 5.60 Å². The van der Waals surface area contributed by atoms with E-state index in [1.54, 1.807) is 0 Å². The van der Waals surface area contributed by atoms with E-state index in [2.05, 4.69) is 10.1 Å². The summed E-state index contributed by atoms with van der Waals surface area (Å²) in [6.45, 7) is 2.46. The molecule has 1 aromatic rings. The number of carboxylic acids is 1. The summed E-state index contributed by atoms with van der Waals surface area (Å²) in [5.41, 5.74) is -0.610. The first-order valence-corrected chi connectivity index (χ1v) is 4.33. The van der Waals surface area contributed by atoms with Crippen molar-refractivity contribution in [1.82, 2.24) is 10.1 Å². The highest BCUT2D eigenvalue weighted by molar-refractivity contribution is 5.82. The molecule has 0 bridgehead atoms. The molecule has 1 unspecified atom stereocenters. The number of carbonyl (C=O) groups is 1. The number of hydrogen-bond donors (Lipinski definition) is 1. The summed E-state index contributed by atoms with van der Waals surface area (Å²) >= 11 is 0. The van der Waals surface area contributed by atoms with Gasteiger partial charge < -0.3 is 14.4 Å². The summed E-state index contributed by atoms with van der Waals surface area (Å²) in [4.78, 5) is 14.3. The number of aromatic nitrogens is 2. The van der Waals surface area contributed by atoms with Gasteiger partial charge in [-0.3, -0.25) is 0 Å². The highest BCUT2D eigenvalue weighted by atomic mass is 16.5. The van der Waals surface area contributed by atoms with Crippen molar-refractivity contribution < 1.29 is 19.2 Å². The zero-order valence-electron chi connectivity index (χ0n) is 7.69. The van der Waals surface area contributed by atoms with E-state index in [1.165, 1.54) is 0 Å². The molecule has 0 amide bonds. The monoisotopic (exact) mass is 198 g/mol. The van der Waals surface area contributed by atoms with Crippen LogP contribution in [0.4, 0.5) is 0 Å². The number of ether oxygens (including phenoxy) is 1. The Morgan fingerprint density at radius 2 is 2.43 bits per heavy atom. The molecular formula is C8H10N2O4. The fourth-order valence-corrected chi connectivity index (χ4v) is 1.47. The minimum absolute atomic E-state index is 0.243. The molecule has 6 heteroatoms. The van der Waals surface area contributed by atoms with Gasteiger partial charge in [-0.15, -0.1) is 0 Å². The fraction of sp³-hybridized carbons (Fsp3) is 0.625. The lowest BCUT2D eigenvalue weighted by molar-refractivity contribution is -0.00937. The number of carboxylic acid groups (broad SMARTS) is 1. The van der Waals surface area contributed by atoms with E-state index in [-0.39, 0.29) is 11.7 Å². The molecule has 1 aliphatic heterocycles. The first-order chi connectivity index (χ1) is 6.62. The van der Waals surface area contributed by atoms with Crippen molar-refractivity contribution in [3.8, 4) is 0 Å². The zero-order chi connectivity index (χ0) is 10.2. The van der Waals surface area contributed by atoms with Crippen LogP contribution in [0.5, 0.6) is 0 Å². The third kappa shape index (κ3) is 1.37. The second kappa shape index (κ2) is 3.06. The molecule has 6 nitrogen and oxygen atoms in total. The smallest absolute Gasteiger partial charge is 0.377 e. The third-order valence-electron chi connectivity index (χ3n) is 2.29. The Bertz CT molecular complexity index is 354. The summed E-state index contributed by atoms with van der Waals surface area (Å²) < 4.78 is 10.3. The Kier molecular flexibility index (Phi) is 1.99. The van der Waals surface area contributed by atoms with Gasteiger partial charge in [0.25, 0.3) is 11.7 Å². The SMILES string of the molecule is CC1(c2nc(C(=O)O)no2)CCCO1. The maximum absolute atomic E-state index is 10.5. The Morgan fingerprint density at radius 1 is 1.64 bits per heavy atom. The maximum atomic E-state index is 10.5. The molecule has 76 valence electrons. The van der Waals surface area contributed by atoms with E-state index in [1.807, 2.05) is 6.92 Å². The molecule has 1 aliphatic rings. The van der Waals surface area contributed by atoms with Crippen molar-refractivity contribution in [2.75, 3.05) is 6.61 Å². The van der Waals surface area contributed by atoms with Gasteiger partial charge in [0, 0.05) is 6.61 Å². The molecule has 0 aromatic carbocycles. The van der Waals surface area contributed by atoms with Gasteiger partial charge in [0.2, 0.25) is 0 Å². The van der Waals surface area contributed by atoms with Gasteiger partial charge in [-0.1, -0.05) is 0 Å². The van der Waals surface area contributed by atoms with Gasteiger partial charge in [0.05, 0.1) is 0 Å². The molecule has 0 saturated carbocycles. The second-order valence-corrected chi connectivity index (χ2v) is 3.41. The van der Waals surface area contributed by atoms with E-state index in [0.717, 1.165) is 12.8 Å². The van der Waals surface area contributed by atoms with Crippen LogP contribution in [0.15, 0.2) is 4.52 Å². The van der Waals surface area contributed by atoms with Crippen LogP contribution in [0.3, 0.4) is 0 Å². The highest BCUT2D eigenvalue weighted by Crippen LogP contribution is 2.34. The molecule has 0 radical (unpaired) electrons. The van der Waals surface area contributed by atoms with Crippen LogP contribution in [0, 0.1) is 0 Å². The van der Waals surface area contributed by atoms with Crippen molar-refractivity contribution in [3.05, 3.63) is 11.7 Å². The average molecular weight is 198 g/mol. The van der Waals surface area contributed by atoms with Crippen LogP contribution in [0.1, 0.15) is 36.3 Å². The van der Waals surface area contributed by atoms with E-state index >= 15 is 0 Å². The molecule has 14 heavy (non-hydrogen) atoms. The van der Waals surface area contributed by atoms with Crippen LogP contribution >= 0.6 is 0 Å². The minimum Gasteiger partial charge on any atom is -0.475 e. The first-order valence-electron chi connectivity index (χ1n) is 4.33. The van der Waals surface area contributed by atoms with Crippen LogP contribution in [-0.2, 0) is 10.3 Å². The molecular weight excluding hydrogens is 188 g/mol. The highest BCUT2D eigenvalue weighted by Gasteiger charge is 2.38. The van der Waals surface area contributed by atoms with E-state index in [9.17, 15) is 4.79 Å². The topological polar surface area (TPSA) is 85.5 Å². The van der Waals surface area contributed by atoms with Crippen molar-refractivity contribution in [2.24, 2.45) is 0 Å². The van der Waals surface area contributed by atoms with Crippen LogP contribution in [0.2, 0.25) is 0 Å². The Labute approximate surface area is 79.9 Å². The molecule has 1 saturated heterocycles. The lowest BCUT2D eigenvalue weighted by atomic mass is 10.0. The molecule has 0 aliphatic carbocycles. The summed E-state index contributed by atoms with van der Waals surface area (Å²) in [5, 5.41) is 11.9. The molecule has 2 rings (SSSR count). The predicted octanol–water partition coefficient (Wildman–Crippen LogP) is 0.793. The molecule has 1 fully saturated rings. The lowest BCUT2D eigenvalue weighted by Gasteiger charge is -2.16. The van der Waals surface area contributed by atoms with Crippen molar-refractivity contribution >= 4 is 5.97 Å². The lowest BCUT2D eigenvalue weighted by Crippen LogP contribution is -2.20. The standard InChI is InChI=1S/C8H10N2O4/c1-8(3-2-4-13-8)7-9-5(6(11)12)10-14-7/h2-4H2,1H3,(H,11,12). The minimum atomic E-state index is -1.19. The van der Waals surface area contributed by atoms with Crippen molar-refractivity contribution in [2.45, 2.75) is 25.4 Å². The van der Waals surface area contributed by atoms with Gasteiger partial charge in [-0.05, 0) is 24.9 Å². The average Bonchev–Trinajstić information content (AvgIpc) is 2.71. The molecule has 0 spiro atoms. The van der Waals surface area contributed by atoms with Gasteiger partial charge in [0.15, 0.2) is 0 Å². The first kappa shape index (κ1) is 9.14. The largest absolute Gasteiger partial charge is 0.475 e. The summed E-state index contributed by atoms with van der Waals surface area (Å²) in [6.07, 6.45) is 1.69. The Hall–Kier alpha value is -1.43. The van der Waals surface area contributed by atoms with E-state index in [0.29, 0.717) is 6.61 Å². The molecule has 2 heterocycles. The Balaban J connectivity index is 2.28. The maximum Gasteiger partial charge on any atom is 0.377 e. The quantitative estimate of drug-likeness (QED) is 0.756.